The predicted octanol–water partition coefficient (Wildman–Crippen LogP) is 1.47. The molecular weight excluding hydrogens is 144 g/mol. The van der Waals surface area contributed by atoms with Gasteiger partial charge in [0.1, 0.15) is 5.78 Å². The van der Waals surface area contributed by atoms with Crippen LogP contribution in [0.2, 0.25) is 0 Å². The first-order chi connectivity index (χ1) is 5.20. The third-order valence-corrected chi connectivity index (χ3v) is 1.83. The molecule has 11 heavy (non-hydrogen) atoms. The van der Waals surface area contributed by atoms with Gasteiger partial charge in [0.25, 0.3) is 6.47 Å². The van der Waals surface area contributed by atoms with Crippen molar-refractivity contribution < 1.29 is 14.7 Å². The zero-order chi connectivity index (χ0) is 8.69. The topological polar surface area (TPSA) is 54.4 Å². The van der Waals surface area contributed by atoms with Gasteiger partial charge in [0.15, 0.2) is 0 Å². The summed E-state index contributed by atoms with van der Waals surface area (Å²) in [6.45, 7) is 1.96. The highest BCUT2D eigenvalue weighted by atomic mass is 16.3. The second-order valence-electron chi connectivity index (χ2n) is 2.83. The Bertz CT molecular complexity index is 121. The van der Waals surface area contributed by atoms with Gasteiger partial charge in [-0.25, -0.2) is 0 Å². The molecule has 1 N–H and O–H groups in total. The molecule has 1 aliphatic rings. The summed E-state index contributed by atoms with van der Waals surface area (Å²) in [6.07, 6.45) is 3.92. The molecule has 0 amide bonds. The zero-order valence-electron chi connectivity index (χ0n) is 6.75. The summed E-state index contributed by atoms with van der Waals surface area (Å²) in [4.78, 5) is 19.0. The van der Waals surface area contributed by atoms with Crippen molar-refractivity contribution in [1.82, 2.24) is 0 Å². The van der Waals surface area contributed by atoms with Crippen LogP contribution in [-0.4, -0.2) is 17.4 Å². The van der Waals surface area contributed by atoms with E-state index in [1.54, 1.807) is 0 Å². The van der Waals surface area contributed by atoms with Crippen LogP contribution in [0.1, 0.15) is 32.6 Å². The SMILES string of the molecule is CC1CCC(=O)CC1.O=CO. The van der Waals surface area contributed by atoms with Gasteiger partial charge in [-0.3, -0.25) is 9.59 Å². The number of ketones is 1. The first-order valence-corrected chi connectivity index (χ1v) is 3.80. The average Bonchev–Trinajstić information content (AvgIpc) is 1.97. The molecular formula is C8H14O3. The molecule has 1 aliphatic carbocycles. The van der Waals surface area contributed by atoms with E-state index in [1.165, 1.54) is 0 Å². The Morgan fingerprint density at radius 3 is 2.09 bits per heavy atom. The van der Waals surface area contributed by atoms with Crippen LogP contribution >= 0.6 is 0 Å². The monoisotopic (exact) mass is 158 g/mol. The van der Waals surface area contributed by atoms with E-state index in [0.717, 1.165) is 31.6 Å². The minimum atomic E-state index is -0.250. The largest absolute Gasteiger partial charge is 0.483 e. The molecule has 0 aromatic heterocycles. The molecule has 1 fully saturated rings. The van der Waals surface area contributed by atoms with E-state index >= 15 is 0 Å². The number of hydrogen-bond donors (Lipinski definition) is 1. The normalized spacial score (nSPS) is 18.5. The van der Waals surface area contributed by atoms with Gasteiger partial charge >= 0.3 is 0 Å². The van der Waals surface area contributed by atoms with Gasteiger partial charge in [-0.05, 0) is 18.8 Å². The van der Waals surface area contributed by atoms with Gasteiger partial charge in [0, 0.05) is 12.8 Å². The predicted molar refractivity (Wildman–Crippen MR) is 41.3 cm³/mol. The summed E-state index contributed by atoms with van der Waals surface area (Å²) in [5.41, 5.74) is 0. The molecule has 0 unspecified atom stereocenters. The standard InChI is InChI=1S/C7H12O.CH2O2/c1-6-2-4-7(8)5-3-6;2-1-3/h6H,2-5H2,1H3;1H,(H,2,3). The Balaban J connectivity index is 0.000000292. The molecule has 64 valence electrons. The highest BCUT2D eigenvalue weighted by molar-refractivity contribution is 5.78. The lowest BCUT2D eigenvalue weighted by Crippen LogP contribution is -2.10. The van der Waals surface area contributed by atoms with Crippen LogP contribution in [0.25, 0.3) is 0 Å². The molecule has 0 spiro atoms. The van der Waals surface area contributed by atoms with Crippen molar-refractivity contribution >= 4 is 12.3 Å². The minimum absolute atomic E-state index is 0.250. The van der Waals surface area contributed by atoms with Crippen molar-refractivity contribution in [2.24, 2.45) is 5.92 Å². The Kier molecular flexibility index (Phi) is 5.43. The van der Waals surface area contributed by atoms with E-state index in [2.05, 4.69) is 6.92 Å². The van der Waals surface area contributed by atoms with Crippen LogP contribution in [-0.2, 0) is 9.59 Å². The minimum Gasteiger partial charge on any atom is -0.483 e. The molecule has 0 aliphatic heterocycles. The maximum atomic E-state index is 10.6. The molecule has 0 saturated heterocycles. The van der Waals surface area contributed by atoms with Crippen molar-refractivity contribution in [1.29, 1.82) is 0 Å². The summed E-state index contributed by atoms with van der Waals surface area (Å²) >= 11 is 0. The Morgan fingerprint density at radius 1 is 1.45 bits per heavy atom. The second-order valence-corrected chi connectivity index (χ2v) is 2.83. The molecule has 0 bridgehead atoms. The van der Waals surface area contributed by atoms with Crippen molar-refractivity contribution in [3.8, 4) is 0 Å². The molecule has 3 nitrogen and oxygen atoms in total. The maximum absolute atomic E-state index is 10.6. The second kappa shape index (κ2) is 5.89. The number of carbonyl (C=O) groups is 2. The summed E-state index contributed by atoms with van der Waals surface area (Å²) in [6, 6.07) is 0. The number of carboxylic acid groups (broad SMARTS) is 1. The van der Waals surface area contributed by atoms with E-state index in [4.69, 9.17) is 9.90 Å². The third kappa shape index (κ3) is 5.58. The summed E-state index contributed by atoms with van der Waals surface area (Å²) in [7, 11) is 0. The Labute approximate surface area is 66.4 Å². The van der Waals surface area contributed by atoms with E-state index in [9.17, 15) is 4.79 Å². The summed E-state index contributed by atoms with van der Waals surface area (Å²) < 4.78 is 0. The van der Waals surface area contributed by atoms with E-state index in [-0.39, 0.29) is 6.47 Å². The lowest BCUT2D eigenvalue weighted by Gasteiger charge is -2.14. The molecule has 1 rings (SSSR count). The van der Waals surface area contributed by atoms with Crippen LogP contribution < -0.4 is 0 Å². The highest BCUT2D eigenvalue weighted by Crippen LogP contribution is 2.19. The number of rotatable bonds is 0. The van der Waals surface area contributed by atoms with Gasteiger partial charge < -0.3 is 5.11 Å². The van der Waals surface area contributed by atoms with Crippen molar-refractivity contribution in [3.05, 3.63) is 0 Å². The van der Waals surface area contributed by atoms with E-state index < -0.39 is 0 Å². The quantitative estimate of drug-likeness (QED) is 0.543. The molecule has 0 aromatic carbocycles. The van der Waals surface area contributed by atoms with Crippen LogP contribution in [0, 0.1) is 5.92 Å². The zero-order valence-corrected chi connectivity index (χ0v) is 6.75. The van der Waals surface area contributed by atoms with Crippen LogP contribution in [0.5, 0.6) is 0 Å². The van der Waals surface area contributed by atoms with Crippen molar-refractivity contribution in [3.63, 3.8) is 0 Å². The third-order valence-electron chi connectivity index (χ3n) is 1.83. The van der Waals surface area contributed by atoms with Gasteiger partial charge in [-0.1, -0.05) is 6.92 Å². The van der Waals surface area contributed by atoms with Gasteiger partial charge in [-0.2, -0.15) is 0 Å². The Morgan fingerprint density at radius 2 is 1.82 bits per heavy atom. The smallest absolute Gasteiger partial charge is 0.290 e. The van der Waals surface area contributed by atoms with Gasteiger partial charge in [0.2, 0.25) is 0 Å². The van der Waals surface area contributed by atoms with Crippen LogP contribution in [0.15, 0.2) is 0 Å². The van der Waals surface area contributed by atoms with Crippen LogP contribution in [0.4, 0.5) is 0 Å². The average molecular weight is 158 g/mol. The fraction of sp³-hybridized carbons (Fsp3) is 0.750. The lowest BCUT2D eigenvalue weighted by atomic mass is 9.90. The maximum Gasteiger partial charge on any atom is 0.290 e. The highest BCUT2D eigenvalue weighted by Gasteiger charge is 2.13. The Hall–Kier alpha value is -0.860. The van der Waals surface area contributed by atoms with Crippen molar-refractivity contribution in [2.75, 3.05) is 0 Å². The fourth-order valence-corrected chi connectivity index (χ4v) is 1.08. The number of carbonyl (C=O) groups excluding carboxylic acids is 1. The first kappa shape index (κ1) is 10.1. The lowest BCUT2D eigenvalue weighted by molar-refractivity contribution is -0.123. The van der Waals surface area contributed by atoms with Gasteiger partial charge in [0.05, 0.1) is 0 Å². The first-order valence-electron chi connectivity index (χ1n) is 3.80. The van der Waals surface area contributed by atoms with Crippen LogP contribution in [0.3, 0.4) is 0 Å². The molecule has 1 saturated carbocycles. The number of hydrogen-bond acceptors (Lipinski definition) is 2. The molecule has 0 aromatic rings. The van der Waals surface area contributed by atoms with E-state index in [1.807, 2.05) is 0 Å². The molecule has 0 atom stereocenters. The van der Waals surface area contributed by atoms with E-state index in [0.29, 0.717) is 5.78 Å². The molecule has 3 heteroatoms. The van der Waals surface area contributed by atoms with Gasteiger partial charge in [-0.15, -0.1) is 0 Å². The summed E-state index contributed by atoms with van der Waals surface area (Å²) in [5.74, 6) is 1.26. The number of Topliss-reactive ketones (excluding diaryl/α,β-unsaturated/α-hetero) is 1. The van der Waals surface area contributed by atoms with Crippen molar-refractivity contribution in [2.45, 2.75) is 32.6 Å². The fourth-order valence-electron chi connectivity index (χ4n) is 1.08. The molecule has 0 radical (unpaired) electrons. The molecule has 0 heterocycles. The summed E-state index contributed by atoms with van der Waals surface area (Å²) in [5, 5.41) is 6.89.